The van der Waals surface area contributed by atoms with E-state index in [1.807, 2.05) is 47.4 Å². The predicted molar refractivity (Wildman–Crippen MR) is 132 cm³/mol. The third kappa shape index (κ3) is 4.36. The first-order valence-electron chi connectivity index (χ1n) is 11.6. The Labute approximate surface area is 194 Å². The molecule has 5 nitrogen and oxygen atoms in total. The quantitative estimate of drug-likeness (QED) is 0.350. The van der Waals surface area contributed by atoms with Crippen LogP contribution < -0.4 is 9.64 Å². The van der Waals surface area contributed by atoms with Gasteiger partial charge >= 0.3 is 0 Å². The second-order valence-electron chi connectivity index (χ2n) is 8.82. The summed E-state index contributed by atoms with van der Waals surface area (Å²) in [7, 11) is 0. The minimum absolute atomic E-state index is 0.0715. The summed E-state index contributed by atoms with van der Waals surface area (Å²) in [5.41, 5.74) is 5.41. The molecule has 3 aromatic carbocycles. The van der Waals surface area contributed by atoms with Crippen molar-refractivity contribution in [2.24, 2.45) is 0 Å². The van der Waals surface area contributed by atoms with Crippen LogP contribution in [0.15, 0.2) is 72.8 Å². The third-order valence-corrected chi connectivity index (χ3v) is 6.36. The van der Waals surface area contributed by atoms with E-state index in [0.29, 0.717) is 19.6 Å². The van der Waals surface area contributed by atoms with E-state index in [9.17, 15) is 4.79 Å². The van der Waals surface area contributed by atoms with Crippen LogP contribution in [0, 0.1) is 13.8 Å². The van der Waals surface area contributed by atoms with Crippen molar-refractivity contribution >= 4 is 22.6 Å². The summed E-state index contributed by atoms with van der Waals surface area (Å²) in [6, 6.07) is 24.5. The van der Waals surface area contributed by atoms with Crippen molar-refractivity contribution in [3.05, 3.63) is 89.7 Å². The summed E-state index contributed by atoms with van der Waals surface area (Å²) in [5.74, 6) is 2.13. The van der Waals surface area contributed by atoms with Crippen LogP contribution >= 0.6 is 0 Å². The van der Waals surface area contributed by atoms with Crippen molar-refractivity contribution < 1.29 is 9.53 Å². The number of amides is 1. The number of carbonyl (C=O) groups is 1. The van der Waals surface area contributed by atoms with Gasteiger partial charge in [-0.1, -0.05) is 42.5 Å². The number of para-hydroxylation sites is 3. The first kappa shape index (κ1) is 21.3. The summed E-state index contributed by atoms with van der Waals surface area (Å²) in [6.07, 6.45) is 1.35. The van der Waals surface area contributed by atoms with Gasteiger partial charge in [-0.3, -0.25) is 4.79 Å². The number of aromatic nitrogens is 2. The molecule has 4 aromatic rings. The third-order valence-electron chi connectivity index (χ3n) is 6.36. The van der Waals surface area contributed by atoms with E-state index in [-0.39, 0.29) is 11.8 Å². The molecule has 0 radical (unpaired) electrons. The summed E-state index contributed by atoms with van der Waals surface area (Å²) in [5, 5.41) is 0. The van der Waals surface area contributed by atoms with Crippen molar-refractivity contribution in [2.45, 2.75) is 39.2 Å². The van der Waals surface area contributed by atoms with E-state index < -0.39 is 0 Å². The minimum atomic E-state index is 0.0715. The highest BCUT2D eigenvalue weighted by atomic mass is 16.5. The number of rotatable bonds is 7. The molecule has 1 aromatic heterocycles. The van der Waals surface area contributed by atoms with E-state index in [1.165, 1.54) is 5.56 Å². The molecule has 0 spiro atoms. The van der Waals surface area contributed by atoms with Crippen LogP contribution in [0.3, 0.4) is 0 Å². The Morgan fingerprint density at radius 3 is 2.67 bits per heavy atom. The lowest BCUT2D eigenvalue weighted by Gasteiger charge is -2.19. The lowest BCUT2D eigenvalue weighted by Crippen LogP contribution is -2.25. The van der Waals surface area contributed by atoms with Crippen LogP contribution in [-0.2, 0) is 11.3 Å². The van der Waals surface area contributed by atoms with E-state index in [2.05, 4.69) is 48.7 Å². The molecule has 1 saturated heterocycles. The molecular weight excluding hydrogens is 410 g/mol. The van der Waals surface area contributed by atoms with Gasteiger partial charge in [-0.15, -0.1) is 0 Å². The summed E-state index contributed by atoms with van der Waals surface area (Å²) in [4.78, 5) is 19.8. The smallest absolute Gasteiger partial charge is 0.227 e. The van der Waals surface area contributed by atoms with E-state index in [4.69, 9.17) is 9.72 Å². The van der Waals surface area contributed by atoms with Gasteiger partial charge in [0.05, 0.1) is 17.6 Å². The number of hydrogen-bond donors (Lipinski definition) is 0. The maximum atomic E-state index is 13.0. The fourth-order valence-corrected chi connectivity index (χ4v) is 4.74. The Kier molecular flexibility index (Phi) is 5.86. The van der Waals surface area contributed by atoms with Crippen LogP contribution in [0.2, 0.25) is 0 Å². The number of aryl methyl sites for hydroxylation is 3. The van der Waals surface area contributed by atoms with Crippen LogP contribution in [0.1, 0.15) is 35.7 Å². The molecule has 0 N–H and O–H groups in total. The van der Waals surface area contributed by atoms with Crippen molar-refractivity contribution in [1.82, 2.24) is 9.55 Å². The van der Waals surface area contributed by atoms with Crippen molar-refractivity contribution in [3.8, 4) is 5.75 Å². The largest absolute Gasteiger partial charge is 0.494 e. The highest BCUT2D eigenvalue weighted by molar-refractivity contribution is 5.97. The van der Waals surface area contributed by atoms with Gasteiger partial charge in [0.2, 0.25) is 5.91 Å². The SMILES string of the molecule is Cc1cccc(OCCCn2c([C@H]3CC(=O)N(c4ccccc4C)C3)nc3ccccc32)c1. The van der Waals surface area contributed by atoms with Crippen LogP contribution in [0.25, 0.3) is 11.0 Å². The Hall–Kier alpha value is -3.60. The first-order chi connectivity index (χ1) is 16.1. The van der Waals surface area contributed by atoms with Crippen molar-refractivity contribution in [1.29, 1.82) is 0 Å². The van der Waals surface area contributed by atoms with Crippen LogP contribution in [-0.4, -0.2) is 28.6 Å². The van der Waals surface area contributed by atoms with E-state index in [0.717, 1.165) is 46.8 Å². The van der Waals surface area contributed by atoms with Gasteiger partial charge in [-0.05, 0) is 61.7 Å². The molecule has 0 saturated carbocycles. The van der Waals surface area contributed by atoms with Gasteiger partial charge in [0, 0.05) is 31.1 Å². The fourth-order valence-electron chi connectivity index (χ4n) is 4.74. The molecule has 33 heavy (non-hydrogen) atoms. The Morgan fingerprint density at radius 2 is 1.82 bits per heavy atom. The lowest BCUT2D eigenvalue weighted by atomic mass is 10.1. The number of nitrogens with zero attached hydrogens (tertiary/aromatic N) is 3. The maximum absolute atomic E-state index is 13.0. The standard InChI is InChI=1S/C28H29N3O2/c1-20-9-7-11-23(17-20)33-16-8-15-30-26-14-6-4-12-24(26)29-28(30)22-18-27(32)31(19-22)25-13-5-3-10-21(25)2/h3-7,9-14,17,22H,8,15-16,18-19H2,1-2H3/t22-/m0/s1. The first-order valence-corrected chi connectivity index (χ1v) is 11.6. The van der Waals surface area contributed by atoms with Crippen molar-refractivity contribution in [3.63, 3.8) is 0 Å². The highest BCUT2D eigenvalue weighted by Crippen LogP contribution is 2.34. The number of imidazole rings is 1. The molecule has 1 aliphatic heterocycles. The molecule has 1 amide bonds. The molecule has 1 aliphatic rings. The summed E-state index contributed by atoms with van der Waals surface area (Å²) >= 11 is 0. The fraction of sp³-hybridized carbons (Fsp3) is 0.286. The highest BCUT2D eigenvalue weighted by Gasteiger charge is 2.35. The molecule has 0 unspecified atom stereocenters. The topological polar surface area (TPSA) is 47.4 Å². The average molecular weight is 440 g/mol. The molecule has 168 valence electrons. The second-order valence-corrected chi connectivity index (χ2v) is 8.82. The van der Waals surface area contributed by atoms with Gasteiger partial charge in [-0.25, -0.2) is 4.98 Å². The molecule has 1 atom stereocenters. The number of anilines is 1. The summed E-state index contributed by atoms with van der Waals surface area (Å²) < 4.78 is 8.26. The Bertz CT molecular complexity index is 1290. The molecule has 5 heteroatoms. The zero-order valence-electron chi connectivity index (χ0n) is 19.2. The van der Waals surface area contributed by atoms with Gasteiger partial charge in [0.15, 0.2) is 0 Å². The van der Waals surface area contributed by atoms with Crippen LogP contribution in [0.4, 0.5) is 5.69 Å². The van der Waals surface area contributed by atoms with Crippen LogP contribution in [0.5, 0.6) is 5.75 Å². The Balaban J connectivity index is 1.36. The number of carbonyl (C=O) groups excluding carboxylic acids is 1. The molecule has 5 rings (SSSR count). The molecule has 0 aliphatic carbocycles. The molecule has 1 fully saturated rings. The van der Waals surface area contributed by atoms with Gasteiger partial charge in [0.25, 0.3) is 0 Å². The normalized spacial score (nSPS) is 16.0. The predicted octanol–water partition coefficient (Wildman–Crippen LogP) is 5.64. The number of hydrogen-bond acceptors (Lipinski definition) is 3. The second kappa shape index (κ2) is 9.10. The lowest BCUT2D eigenvalue weighted by molar-refractivity contribution is -0.117. The zero-order valence-corrected chi connectivity index (χ0v) is 19.2. The van der Waals surface area contributed by atoms with Gasteiger partial charge in [0.1, 0.15) is 11.6 Å². The molecular formula is C28H29N3O2. The van der Waals surface area contributed by atoms with Gasteiger partial charge < -0.3 is 14.2 Å². The molecule has 2 heterocycles. The zero-order chi connectivity index (χ0) is 22.8. The van der Waals surface area contributed by atoms with Crippen molar-refractivity contribution in [2.75, 3.05) is 18.1 Å². The minimum Gasteiger partial charge on any atom is -0.494 e. The maximum Gasteiger partial charge on any atom is 0.227 e. The summed E-state index contributed by atoms with van der Waals surface area (Å²) in [6.45, 7) is 6.22. The monoisotopic (exact) mass is 439 g/mol. The average Bonchev–Trinajstić information content (AvgIpc) is 3.37. The number of benzene rings is 3. The number of ether oxygens (including phenoxy) is 1. The van der Waals surface area contributed by atoms with E-state index >= 15 is 0 Å². The van der Waals surface area contributed by atoms with Gasteiger partial charge in [-0.2, -0.15) is 0 Å². The van der Waals surface area contributed by atoms with E-state index in [1.54, 1.807) is 0 Å². The number of fused-ring (bicyclic) bond motifs is 1. The molecule has 0 bridgehead atoms. The Morgan fingerprint density at radius 1 is 1.00 bits per heavy atom.